The molecule has 120 valence electrons. The molecule has 0 bridgehead atoms. The van der Waals surface area contributed by atoms with E-state index < -0.39 is 5.97 Å². The third-order valence-electron chi connectivity index (χ3n) is 4.16. The zero-order valence-electron chi connectivity index (χ0n) is 13.8. The Labute approximate surface area is 126 Å². The molecule has 0 saturated heterocycles. The molecule has 1 N–H and O–H groups in total. The van der Waals surface area contributed by atoms with Gasteiger partial charge in [-0.15, -0.1) is 0 Å². The Hall–Kier alpha value is -0.530. The number of rotatable bonds is 15. The van der Waals surface area contributed by atoms with Crippen LogP contribution in [0.3, 0.4) is 0 Å². The molecule has 0 aliphatic heterocycles. The van der Waals surface area contributed by atoms with E-state index in [2.05, 4.69) is 13.8 Å². The summed E-state index contributed by atoms with van der Waals surface area (Å²) >= 11 is 0. The number of hydrogen-bond acceptors (Lipinski definition) is 1. The van der Waals surface area contributed by atoms with Gasteiger partial charge in [-0.25, -0.2) is 0 Å². The Bertz CT molecular complexity index is 197. The van der Waals surface area contributed by atoms with Crippen molar-refractivity contribution in [2.75, 3.05) is 0 Å². The molecule has 0 fully saturated rings. The molecule has 0 aliphatic rings. The van der Waals surface area contributed by atoms with Crippen LogP contribution in [0.25, 0.3) is 0 Å². The summed E-state index contributed by atoms with van der Waals surface area (Å²) in [7, 11) is 0. The van der Waals surface area contributed by atoms with E-state index in [-0.39, 0.29) is 5.92 Å². The first kappa shape index (κ1) is 19.5. The zero-order chi connectivity index (χ0) is 15.1. The molecular weight excluding hydrogens is 248 g/mol. The second-order valence-electron chi connectivity index (χ2n) is 6.15. The second-order valence-corrected chi connectivity index (χ2v) is 6.15. The molecule has 2 heteroatoms. The number of carboxylic acids is 1. The molecule has 20 heavy (non-hydrogen) atoms. The maximum atomic E-state index is 11.2. The van der Waals surface area contributed by atoms with Gasteiger partial charge < -0.3 is 5.11 Å². The lowest BCUT2D eigenvalue weighted by atomic mass is 9.94. The van der Waals surface area contributed by atoms with E-state index in [1.807, 2.05) is 0 Å². The number of hydrogen-bond donors (Lipinski definition) is 1. The van der Waals surface area contributed by atoms with Crippen LogP contribution < -0.4 is 0 Å². The molecule has 0 rings (SSSR count). The minimum absolute atomic E-state index is 0.0904. The number of carboxylic acid groups (broad SMARTS) is 1. The third kappa shape index (κ3) is 12.5. The SMILES string of the molecule is CCCCCCCCC(CCCCCCCC)C(=O)O. The standard InChI is InChI=1S/C18H36O2/c1-3-5-7-9-11-13-15-17(18(19)20)16-14-12-10-8-6-4-2/h17H,3-16H2,1-2H3,(H,19,20). The Morgan fingerprint density at radius 1 is 0.700 bits per heavy atom. The predicted octanol–water partition coefficient (Wildman–Crippen LogP) is 6.19. The van der Waals surface area contributed by atoms with Gasteiger partial charge in [0.25, 0.3) is 0 Å². The summed E-state index contributed by atoms with van der Waals surface area (Å²) in [5.74, 6) is -0.667. The Morgan fingerprint density at radius 3 is 1.40 bits per heavy atom. The first-order chi connectivity index (χ1) is 9.72. The van der Waals surface area contributed by atoms with Crippen LogP contribution in [-0.4, -0.2) is 11.1 Å². The average molecular weight is 284 g/mol. The van der Waals surface area contributed by atoms with Crippen LogP contribution >= 0.6 is 0 Å². The first-order valence-corrected chi connectivity index (χ1v) is 8.95. The Kier molecular flexibility index (Phi) is 14.5. The monoisotopic (exact) mass is 284 g/mol. The third-order valence-corrected chi connectivity index (χ3v) is 4.16. The normalized spacial score (nSPS) is 11.2. The molecule has 0 atom stereocenters. The van der Waals surface area contributed by atoms with Gasteiger partial charge in [0.05, 0.1) is 5.92 Å². The summed E-state index contributed by atoms with van der Waals surface area (Å²) in [6.07, 6.45) is 16.7. The van der Waals surface area contributed by atoms with Crippen molar-refractivity contribution in [3.63, 3.8) is 0 Å². The molecular formula is C18H36O2. The van der Waals surface area contributed by atoms with Crippen LogP contribution in [0.1, 0.15) is 104 Å². The van der Waals surface area contributed by atoms with Crippen molar-refractivity contribution < 1.29 is 9.90 Å². The lowest BCUT2D eigenvalue weighted by Gasteiger charge is -2.12. The van der Waals surface area contributed by atoms with E-state index in [4.69, 9.17) is 0 Å². The number of unbranched alkanes of at least 4 members (excludes halogenated alkanes) is 10. The van der Waals surface area contributed by atoms with Crippen molar-refractivity contribution >= 4 is 5.97 Å². The quantitative estimate of drug-likeness (QED) is 0.364. The molecule has 0 spiro atoms. The van der Waals surface area contributed by atoms with E-state index in [0.717, 1.165) is 25.7 Å². The topological polar surface area (TPSA) is 37.3 Å². The van der Waals surface area contributed by atoms with Gasteiger partial charge in [-0.1, -0.05) is 90.9 Å². The van der Waals surface area contributed by atoms with Gasteiger partial charge in [0.2, 0.25) is 0 Å². The molecule has 0 aromatic rings. The van der Waals surface area contributed by atoms with Crippen LogP contribution in [0.4, 0.5) is 0 Å². The van der Waals surface area contributed by atoms with Gasteiger partial charge in [-0.2, -0.15) is 0 Å². The molecule has 0 unspecified atom stereocenters. The highest BCUT2D eigenvalue weighted by molar-refractivity contribution is 5.69. The van der Waals surface area contributed by atoms with Crippen LogP contribution in [0, 0.1) is 5.92 Å². The van der Waals surface area contributed by atoms with Crippen molar-refractivity contribution in [1.29, 1.82) is 0 Å². The second kappa shape index (κ2) is 14.9. The van der Waals surface area contributed by atoms with E-state index in [1.165, 1.54) is 64.2 Å². The van der Waals surface area contributed by atoms with Crippen LogP contribution in [0.15, 0.2) is 0 Å². The van der Waals surface area contributed by atoms with Crippen molar-refractivity contribution in [1.82, 2.24) is 0 Å². The van der Waals surface area contributed by atoms with Gasteiger partial charge in [0.15, 0.2) is 0 Å². The maximum Gasteiger partial charge on any atom is 0.306 e. The molecule has 0 heterocycles. The fourth-order valence-corrected chi connectivity index (χ4v) is 2.73. The first-order valence-electron chi connectivity index (χ1n) is 8.95. The summed E-state index contributed by atoms with van der Waals surface area (Å²) < 4.78 is 0. The summed E-state index contributed by atoms with van der Waals surface area (Å²) in [4.78, 5) is 11.2. The smallest absolute Gasteiger partial charge is 0.306 e. The summed E-state index contributed by atoms with van der Waals surface area (Å²) in [6.45, 7) is 4.45. The van der Waals surface area contributed by atoms with Gasteiger partial charge in [0, 0.05) is 0 Å². The zero-order valence-corrected chi connectivity index (χ0v) is 13.8. The lowest BCUT2D eigenvalue weighted by molar-refractivity contribution is -0.142. The van der Waals surface area contributed by atoms with Crippen molar-refractivity contribution in [2.24, 2.45) is 5.92 Å². The number of aliphatic carboxylic acids is 1. The molecule has 0 aromatic carbocycles. The number of carbonyl (C=O) groups is 1. The van der Waals surface area contributed by atoms with Crippen molar-refractivity contribution in [3.05, 3.63) is 0 Å². The summed E-state index contributed by atoms with van der Waals surface area (Å²) in [6, 6.07) is 0. The Balaban J connectivity index is 3.53. The Morgan fingerprint density at radius 2 is 1.05 bits per heavy atom. The van der Waals surface area contributed by atoms with Gasteiger partial charge in [-0.05, 0) is 12.8 Å². The molecule has 0 aliphatic carbocycles. The fourth-order valence-electron chi connectivity index (χ4n) is 2.73. The lowest BCUT2D eigenvalue weighted by Crippen LogP contribution is -2.13. The highest BCUT2D eigenvalue weighted by Gasteiger charge is 2.16. The van der Waals surface area contributed by atoms with Gasteiger partial charge >= 0.3 is 5.97 Å². The largest absolute Gasteiger partial charge is 0.481 e. The van der Waals surface area contributed by atoms with E-state index in [1.54, 1.807) is 0 Å². The minimum atomic E-state index is -0.577. The molecule has 0 aromatic heterocycles. The van der Waals surface area contributed by atoms with E-state index >= 15 is 0 Å². The minimum Gasteiger partial charge on any atom is -0.481 e. The predicted molar refractivity (Wildman–Crippen MR) is 87.1 cm³/mol. The molecule has 0 amide bonds. The highest BCUT2D eigenvalue weighted by Crippen LogP contribution is 2.19. The highest BCUT2D eigenvalue weighted by atomic mass is 16.4. The van der Waals surface area contributed by atoms with E-state index in [9.17, 15) is 9.90 Å². The maximum absolute atomic E-state index is 11.2. The van der Waals surface area contributed by atoms with Crippen LogP contribution in [0.5, 0.6) is 0 Å². The van der Waals surface area contributed by atoms with Crippen molar-refractivity contribution in [2.45, 2.75) is 104 Å². The average Bonchev–Trinajstić information content (AvgIpc) is 2.43. The summed E-state index contributed by atoms with van der Waals surface area (Å²) in [5.41, 5.74) is 0. The van der Waals surface area contributed by atoms with Crippen molar-refractivity contribution in [3.8, 4) is 0 Å². The molecule has 0 radical (unpaired) electrons. The van der Waals surface area contributed by atoms with Gasteiger partial charge in [-0.3, -0.25) is 4.79 Å². The van der Waals surface area contributed by atoms with Gasteiger partial charge in [0.1, 0.15) is 0 Å². The molecule has 0 saturated carbocycles. The summed E-state index contributed by atoms with van der Waals surface area (Å²) in [5, 5.41) is 9.25. The van der Waals surface area contributed by atoms with Crippen LogP contribution in [-0.2, 0) is 4.79 Å². The van der Waals surface area contributed by atoms with E-state index in [0.29, 0.717) is 0 Å². The molecule has 2 nitrogen and oxygen atoms in total. The van der Waals surface area contributed by atoms with Crippen LogP contribution in [0.2, 0.25) is 0 Å². The fraction of sp³-hybridized carbons (Fsp3) is 0.944.